The number of hydrogen-bond acceptors (Lipinski definition) is 7. The van der Waals surface area contributed by atoms with E-state index in [0.29, 0.717) is 21.0 Å². The van der Waals surface area contributed by atoms with E-state index in [2.05, 4.69) is 0 Å². The predicted octanol–water partition coefficient (Wildman–Crippen LogP) is 4.74. The molecule has 1 aromatic carbocycles. The molecular formula is C25H29N3O7. The second-order valence-corrected chi connectivity index (χ2v) is 10.6. The highest BCUT2D eigenvalue weighted by Crippen LogP contribution is 2.41. The summed E-state index contributed by atoms with van der Waals surface area (Å²) in [6, 6.07) is 5.65. The highest BCUT2D eigenvalue weighted by molar-refractivity contribution is 6.20. The van der Waals surface area contributed by atoms with E-state index in [-0.39, 0.29) is 23.6 Å². The molecule has 0 saturated heterocycles. The molecule has 0 radical (unpaired) electrons. The van der Waals surface area contributed by atoms with Crippen LogP contribution in [0.5, 0.6) is 0 Å². The lowest BCUT2D eigenvalue weighted by molar-refractivity contribution is -0.576. The van der Waals surface area contributed by atoms with Gasteiger partial charge in [0.15, 0.2) is 6.20 Å². The summed E-state index contributed by atoms with van der Waals surface area (Å²) in [6.07, 6.45) is -0.208. The molecule has 0 fully saturated rings. The monoisotopic (exact) mass is 483 g/mol. The van der Waals surface area contributed by atoms with Crippen LogP contribution >= 0.6 is 0 Å². The number of ether oxygens (including phenoxy) is 2. The van der Waals surface area contributed by atoms with Gasteiger partial charge in [-0.25, -0.2) is 14.5 Å². The minimum Gasteiger partial charge on any atom is -0.618 e. The third-order valence-electron chi connectivity index (χ3n) is 5.34. The van der Waals surface area contributed by atoms with Gasteiger partial charge in [0.1, 0.15) is 22.5 Å². The maximum atomic E-state index is 13.7. The zero-order valence-corrected chi connectivity index (χ0v) is 20.9. The topological polar surface area (TPSA) is 116 Å². The Balaban J connectivity index is 1.98. The van der Waals surface area contributed by atoms with Gasteiger partial charge < -0.3 is 19.1 Å². The molecule has 1 aliphatic heterocycles. The van der Waals surface area contributed by atoms with Gasteiger partial charge in [-0.15, -0.1) is 0 Å². The molecule has 0 saturated carbocycles. The molecule has 35 heavy (non-hydrogen) atoms. The molecule has 0 bridgehead atoms. The Kier molecular flexibility index (Phi) is 5.65. The Morgan fingerprint density at radius 1 is 1.06 bits per heavy atom. The third-order valence-corrected chi connectivity index (χ3v) is 5.34. The minimum atomic E-state index is -0.852. The summed E-state index contributed by atoms with van der Waals surface area (Å²) in [5.74, 6) is -0.960. The summed E-state index contributed by atoms with van der Waals surface area (Å²) < 4.78 is 17.7. The van der Waals surface area contributed by atoms with Crippen LogP contribution in [0.25, 0.3) is 21.9 Å². The van der Waals surface area contributed by atoms with Gasteiger partial charge in [-0.1, -0.05) is 0 Å². The van der Waals surface area contributed by atoms with Crippen molar-refractivity contribution in [3.8, 4) is 0 Å². The summed E-state index contributed by atoms with van der Waals surface area (Å²) in [5, 5.41) is 13.3. The van der Waals surface area contributed by atoms with Gasteiger partial charge in [0.05, 0.1) is 23.4 Å². The molecule has 3 heterocycles. The molecule has 1 atom stereocenters. The van der Waals surface area contributed by atoms with Crippen molar-refractivity contribution in [2.45, 2.75) is 65.7 Å². The molecule has 4 rings (SSSR count). The van der Waals surface area contributed by atoms with Crippen LogP contribution in [0.15, 0.2) is 34.9 Å². The SMILES string of the molecule is C[C@@H]1CN(C(=O)OC(C)(C)C)c2c(oc3ccc4c(ccc[n+]4[O-])c23)C(=O)N1C(=O)OC(C)(C)C. The summed E-state index contributed by atoms with van der Waals surface area (Å²) in [4.78, 5) is 42.3. The second kappa shape index (κ2) is 8.14. The number of fused-ring (bicyclic) bond motifs is 5. The number of carbonyl (C=O) groups excluding carboxylic acids is 3. The van der Waals surface area contributed by atoms with E-state index in [9.17, 15) is 19.6 Å². The van der Waals surface area contributed by atoms with E-state index in [1.807, 2.05) is 0 Å². The van der Waals surface area contributed by atoms with Crippen molar-refractivity contribution in [3.05, 3.63) is 41.4 Å². The fraction of sp³-hybridized carbons (Fsp3) is 0.440. The van der Waals surface area contributed by atoms with Crippen LogP contribution in [0.1, 0.15) is 59.0 Å². The average molecular weight is 484 g/mol. The first kappa shape index (κ1) is 24.3. The molecule has 0 N–H and O–H groups in total. The molecule has 3 amide bonds. The van der Waals surface area contributed by atoms with E-state index in [0.717, 1.165) is 4.90 Å². The molecule has 186 valence electrons. The normalized spacial score (nSPS) is 16.9. The van der Waals surface area contributed by atoms with Gasteiger partial charge in [-0.05, 0) is 60.6 Å². The van der Waals surface area contributed by atoms with E-state index < -0.39 is 35.3 Å². The van der Waals surface area contributed by atoms with Crippen molar-refractivity contribution in [3.63, 3.8) is 0 Å². The first-order valence-electron chi connectivity index (χ1n) is 11.3. The molecular weight excluding hydrogens is 454 g/mol. The van der Waals surface area contributed by atoms with E-state index in [4.69, 9.17) is 13.9 Å². The maximum Gasteiger partial charge on any atom is 0.417 e. The zero-order valence-electron chi connectivity index (χ0n) is 20.9. The third kappa shape index (κ3) is 4.48. The quantitative estimate of drug-likeness (QED) is 0.335. The van der Waals surface area contributed by atoms with Crippen molar-refractivity contribution in [1.82, 2.24) is 4.90 Å². The lowest BCUT2D eigenvalue weighted by atomic mass is 10.1. The number of pyridine rings is 1. The van der Waals surface area contributed by atoms with E-state index in [1.54, 1.807) is 72.7 Å². The minimum absolute atomic E-state index is 0.0673. The Hall–Kier alpha value is -3.82. The Bertz CT molecular complexity index is 1350. The number of hydrogen-bond donors (Lipinski definition) is 0. The van der Waals surface area contributed by atoms with Crippen molar-refractivity contribution in [2.75, 3.05) is 11.4 Å². The number of carbonyl (C=O) groups is 3. The Labute approximate surface area is 202 Å². The van der Waals surface area contributed by atoms with Crippen LogP contribution in [0.4, 0.5) is 15.3 Å². The van der Waals surface area contributed by atoms with Crippen LogP contribution < -0.4 is 9.63 Å². The Morgan fingerprint density at radius 3 is 2.31 bits per heavy atom. The fourth-order valence-corrected chi connectivity index (χ4v) is 4.05. The number of anilines is 1. The van der Waals surface area contributed by atoms with Crippen LogP contribution in [0.2, 0.25) is 0 Å². The van der Waals surface area contributed by atoms with Gasteiger partial charge in [0.25, 0.3) is 0 Å². The molecule has 0 spiro atoms. The van der Waals surface area contributed by atoms with Crippen LogP contribution in [0.3, 0.4) is 0 Å². The largest absolute Gasteiger partial charge is 0.618 e. The van der Waals surface area contributed by atoms with E-state index in [1.165, 1.54) is 11.1 Å². The van der Waals surface area contributed by atoms with Crippen LogP contribution in [0, 0.1) is 5.21 Å². The van der Waals surface area contributed by atoms with Gasteiger partial charge in [-0.2, -0.15) is 4.73 Å². The molecule has 0 aliphatic carbocycles. The summed E-state index contributed by atoms with van der Waals surface area (Å²) >= 11 is 0. The fourth-order valence-electron chi connectivity index (χ4n) is 4.05. The first-order valence-corrected chi connectivity index (χ1v) is 11.3. The standard InChI is InChI=1S/C25H29N3O7/c1-14-13-26(22(30)34-24(2,3)4)19-18-15-9-8-12-27(32)16(15)10-11-17(18)33-20(19)21(29)28(14)23(31)35-25(5,6)7/h8-12,14H,13H2,1-7H3/t14-/m1/s1. The van der Waals surface area contributed by atoms with Crippen molar-refractivity contribution < 1.29 is 33.0 Å². The van der Waals surface area contributed by atoms with Gasteiger partial charge >= 0.3 is 18.1 Å². The highest BCUT2D eigenvalue weighted by atomic mass is 16.6. The number of aromatic nitrogens is 1. The molecule has 2 aromatic heterocycles. The molecule has 10 nitrogen and oxygen atoms in total. The maximum absolute atomic E-state index is 13.7. The number of amides is 3. The zero-order chi connectivity index (χ0) is 25.9. The smallest absolute Gasteiger partial charge is 0.417 e. The lowest BCUT2D eigenvalue weighted by Gasteiger charge is -2.31. The lowest BCUT2D eigenvalue weighted by Crippen LogP contribution is -2.49. The number of imide groups is 1. The average Bonchev–Trinajstić information content (AvgIpc) is 3.04. The van der Waals surface area contributed by atoms with Gasteiger partial charge in [0.2, 0.25) is 11.3 Å². The van der Waals surface area contributed by atoms with Crippen LogP contribution in [-0.2, 0) is 9.47 Å². The molecule has 3 aromatic rings. The van der Waals surface area contributed by atoms with E-state index >= 15 is 0 Å². The van der Waals surface area contributed by atoms with Crippen LogP contribution in [-0.4, -0.2) is 46.8 Å². The summed E-state index contributed by atoms with van der Waals surface area (Å²) in [7, 11) is 0. The van der Waals surface area contributed by atoms with Crippen molar-refractivity contribution in [2.24, 2.45) is 0 Å². The Morgan fingerprint density at radius 2 is 1.69 bits per heavy atom. The number of rotatable bonds is 0. The first-order chi connectivity index (χ1) is 16.2. The predicted molar refractivity (Wildman–Crippen MR) is 128 cm³/mol. The summed E-state index contributed by atoms with van der Waals surface area (Å²) in [5.41, 5.74) is -0.894. The second-order valence-electron chi connectivity index (χ2n) is 10.6. The van der Waals surface area contributed by atoms with Gasteiger partial charge in [-0.3, -0.25) is 9.69 Å². The van der Waals surface area contributed by atoms with Crippen molar-refractivity contribution >= 4 is 45.7 Å². The molecule has 1 aliphatic rings. The molecule has 0 unspecified atom stereocenters. The number of furan rings is 1. The number of benzene rings is 1. The number of nitrogens with zero attached hydrogens (tertiary/aromatic N) is 3. The van der Waals surface area contributed by atoms with Gasteiger partial charge in [0, 0.05) is 12.1 Å². The van der Waals surface area contributed by atoms with Crippen molar-refractivity contribution in [1.29, 1.82) is 0 Å². The highest BCUT2D eigenvalue weighted by Gasteiger charge is 2.43. The molecule has 10 heteroatoms. The summed E-state index contributed by atoms with van der Waals surface area (Å²) in [6.45, 7) is 11.8.